The maximum atomic E-state index is 11.9. The second-order valence-corrected chi connectivity index (χ2v) is 6.04. The fraction of sp³-hybridized carbons (Fsp3) is 0.0500. The van der Waals surface area contributed by atoms with E-state index < -0.39 is 5.69 Å². The highest BCUT2D eigenvalue weighted by Crippen LogP contribution is 2.26. The number of hydrogen-bond donors (Lipinski definition) is 3. The molecule has 4 aromatic rings. The van der Waals surface area contributed by atoms with Crippen LogP contribution >= 0.6 is 0 Å². The second-order valence-electron chi connectivity index (χ2n) is 6.04. The van der Waals surface area contributed by atoms with Crippen molar-refractivity contribution in [1.29, 1.82) is 0 Å². The molecular formula is C20H17N5O2. The van der Waals surface area contributed by atoms with Crippen LogP contribution in [0.15, 0.2) is 71.7 Å². The van der Waals surface area contributed by atoms with Crippen molar-refractivity contribution >= 4 is 22.5 Å². The average Bonchev–Trinajstić information content (AvgIpc) is 2.72. The topological polar surface area (TPSA) is 106 Å². The van der Waals surface area contributed by atoms with Gasteiger partial charge < -0.3 is 16.3 Å². The lowest BCUT2D eigenvalue weighted by Gasteiger charge is -2.11. The van der Waals surface area contributed by atoms with Gasteiger partial charge in [-0.25, -0.2) is 9.78 Å². The van der Waals surface area contributed by atoms with Crippen molar-refractivity contribution in [2.24, 2.45) is 5.73 Å². The van der Waals surface area contributed by atoms with Crippen LogP contribution in [0.2, 0.25) is 0 Å². The lowest BCUT2D eigenvalue weighted by molar-refractivity contribution is 0.182. The van der Waals surface area contributed by atoms with Gasteiger partial charge in [-0.15, -0.1) is 4.73 Å². The van der Waals surface area contributed by atoms with Crippen molar-refractivity contribution in [2.75, 3.05) is 5.32 Å². The maximum absolute atomic E-state index is 11.9. The Labute approximate surface area is 154 Å². The molecule has 0 amide bonds. The predicted octanol–water partition coefficient (Wildman–Crippen LogP) is 2.90. The summed E-state index contributed by atoms with van der Waals surface area (Å²) in [6, 6.07) is 19.3. The molecule has 0 radical (unpaired) electrons. The Morgan fingerprint density at radius 2 is 1.85 bits per heavy atom. The monoisotopic (exact) mass is 359 g/mol. The summed E-state index contributed by atoms with van der Waals surface area (Å²) in [7, 11) is 0. The van der Waals surface area contributed by atoms with Gasteiger partial charge in [-0.3, -0.25) is 0 Å². The molecule has 0 saturated heterocycles. The van der Waals surface area contributed by atoms with Crippen LogP contribution in [0.25, 0.3) is 22.2 Å². The summed E-state index contributed by atoms with van der Waals surface area (Å²) in [4.78, 5) is 19.9. The first-order valence-electron chi connectivity index (χ1n) is 8.39. The number of aromatic nitrogens is 3. The van der Waals surface area contributed by atoms with Crippen molar-refractivity contribution in [2.45, 2.75) is 6.54 Å². The summed E-state index contributed by atoms with van der Waals surface area (Å²) in [5.74, 6) is 0.337. The summed E-state index contributed by atoms with van der Waals surface area (Å²) in [6.45, 7) is 0.505. The van der Waals surface area contributed by atoms with Crippen LogP contribution in [0, 0.1) is 0 Å². The summed E-state index contributed by atoms with van der Waals surface area (Å²) in [5.41, 5.74) is 8.91. The summed E-state index contributed by atoms with van der Waals surface area (Å²) < 4.78 is 0.440. The van der Waals surface area contributed by atoms with E-state index in [9.17, 15) is 10.0 Å². The number of anilines is 2. The van der Waals surface area contributed by atoms with E-state index in [1.165, 1.54) is 6.20 Å². The molecule has 7 nitrogen and oxygen atoms in total. The number of nitrogens with one attached hydrogen (secondary N) is 1. The van der Waals surface area contributed by atoms with Crippen LogP contribution < -0.4 is 16.7 Å². The Morgan fingerprint density at radius 1 is 1.04 bits per heavy atom. The minimum Gasteiger partial charge on any atom is -0.422 e. The second kappa shape index (κ2) is 6.89. The number of hydrogen-bond acceptors (Lipinski definition) is 6. The molecule has 0 saturated carbocycles. The third-order valence-corrected chi connectivity index (χ3v) is 4.28. The molecule has 0 spiro atoms. The van der Waals surface area contributed by atoms with Gasteiger partial charge in [0.25, 0.3) is 0 Å². The first-order valence-corrected chi connectivity index (χ1v) is 8.39. The molecule has 134 valence electrons. The van der Waals surface area contributed by atoms with E-state index in [0.29, 0.717) is 22.5 Å². The van der Waals surface area contributed by atoms with E-state index in [1.807, 2.05) is 48.5 Å². The molecule has 2 aromatic carbocycles. The van der Waals surface area contributed by atoms with E-state index in [0.717, 1.165) is 22.4 Å². The zero-order valence-corrected chi connectivity index (χ0v) is 14.3. The molecule has 2 heterocycles. The summed E-state index contributed by atoms with van der Waals surface area (Å²) in [6.07, 6.45) is 1.50. The van der Waals surface area contributed by atoms with Crippen molar-refractivity contribution in [3.63, 3.8) is 0 Å². The van der Waals surface area contributed by atoms with Gasteiger partial charge in [0.2, 0.25) is 0 Å². The number of rotatable bonds is 4. The summed E-state index contributed by atoms with van der Waals surface area (Å²) in [5, 5.41) is 13.5. The molecule has 0 atom stereocenters. The Balaban J connectivity index is 1.73. The number of benzene rings is 2. The molecule has 0 aliphatic rings. The highest BCUT2D eigenvalue weighted by atomic mass is 16.5. The van der Waals surface area contributed by atoms with Gasteiger partial charge in [0.05, 0.1) is 5.39 Å². The van der Waals surface area contributed by atoms with E-state index in [-0.39, 0.29) is 5.65 Å². The summed E-state index contributed by atoms with van der Waals surface area (Å²) >= 11 is 0. The number of nitrogens with two attached hydrogens (primary N) is 1. The third kappa shape index (κ3) is 3.23. The van der Waals surface area contributed by atoms with E-state index >= 15 is 0 Å². The molecule has 27 heavy (non-hydrogen) atoms. The van der Waals surface area contributed by atoms with Crippen LogP contribution in [0.3, 0.4) is 0 Å². The molecule has 0 aliphatic heterocycles. The number of fused-ring (bicyclic) bond motifs is 1. The van der Waals surface area contributed by atoms with Gasteiger partial charge in [0.1, 0.15) is 5.82 Å². The Kier molecular flexibility index (Phi) is 4.27. The molecule has 0 aliphatic carbocycles. The van der Waals surface area contributed by atoms with Crippen molar-refractivity contribution in [3.05, 3.63) is 82.9 Å². The normalized spacial score (nSPS) is 10.9. The molecular weight excluding hydrogens is 342 g/mol. The SMILES string of the molecule is NCc1ccc(-c2cccc(Nc3nc(=O)n(O)c4ncccc34)c2)cc1. The van der Waals surface area contributed by atoms with Crippen molar-refractivity contribution < 1.29 is 5.21 Å². The van der Waals surface area contributed by atoms with Gasteiger partial charge in [-0.2, -0.15) is 4.98 Å². The Bertz CT molecular complexity index is 1170. The highest BCUT2D eigenvalue weighted by Gasteiger charge is 2.11. The van der Waals surface area contributed by atoms with E-state index in [1.54, 1.807) is 12.1 Å². The van der Waals surface area contributed by atoms with Crippen LogP contribution in [-0.4, -0.2) is 19.9 Å². The Morgan fingerprint density at radius 3 is 2.63 bits per heavy atom. The Hall–Kier alpha value is -3.71. The fourth-order valence-electron chi connectivity index (χ4n) is 2.89. The van der Waals surface area contributed by atoms with Gasteiger partial charge in [0, 0.05) is 18.4 Å². The number of pyridine rings is 1. The number of nitrogens with zero attached hydrogens (tertiary/aromatic N) is 3. The smallest absolute Gasteiger partial charge is 0.384 e. The average molecular weight is 359 g/mol. The van der Waals surface area contributed by atoms with Crippen LogP contribution in [0.4, 0.5) is 11.5 Å². The fourth-order valence-corrected chi connectivity index (χ4v) is 2.89. The van der Waals surface area contributed by atoms with Gasteiger partial charge >= 0.3 is 5.69 Å². The minimum absolute atomic E-state index is 0.147. The van der Waals surface area contributed by atoms with Crippen LogP contribution in [-0.2, 0) is 6.54 Å². The lowest BCUT2D eigenvalue weighted by Crippen LogP contribution is -2.23. The highest BCUT2D eigenvalue weighted by molar-refractivity contribution is 5.88. The quantitative estimate of drug-likeness (QED) is 0.484. The molecule has 0 bridgehead atoms. The molecule has 4 N–H and O–H groups in total. The van der Waals surface area contributed by atoms with Gasteiger partial charge in [-0.05, 0) is 41.0 Å². The minimum atomic E-state index is -0.794. The van der Waals surface area contributed by atoms with E-state index in [2.05, 4.69) is 15.3 Å². The van der Waals surface area contributed by atoms with Gasteiger partial charge in [0.15, 0.2) is 5.65 Å². The zero-order valence-electron chi connectivity index (χ0n) is 14.3. The predicted molar refractivity (Wildman–Crippen MR) is 104 cm³/mol. The third-order valence-electron chi connectivity index (χ3n) is 4.28. The molecule has 0 fully saturated rings. The first-order chi connectivity index (χ1) is 13.2. The first kappa shape index (κ1) is 16.7. The van der Waals surface area contributed by atoms with Gasteiger partial charge in [-0.1, -0.05) is 36.4 Å². The maximum Gasteiger partial charge on any atom is 0.384 e. The van der Waals surface area contributed by atoms with Crippen LogP contribution in [0.1, 0.15) is 5.56 Å². The molecule has 4 rings (SSSR count). The zero-order chi connectivity index (χ0) is 18.8. The molecule has 2 aromatic heterocycles. The standard InChI is InChI=1S/C20H17N5O2/c21-12-13-6-8-14(9-7-13)15-3-1-4-16(11-15)23-18-17-5-2-10-22-19(17)25(27)20(26)24-18/h1-11,27H,12,21H2,(H,23,24,26). The van der Waals surface area contributed by atoms with Crippen molar-refractivity contribution in [1.82, 2.24) is 14.7 Å². The van der Waals surface area contributed by atoms with E-state index in [4.69, 9.17) is 5.73 Å². The van der Waals surface area contributed by atoms with Crippen LogP contribution in [0.5, 0.6) is 0 Å². The van der Waals surface area contributed by atoms with Crippen molar-refractivity contribution in [3.8, 4) is 11.1 Å². The largest absolute Gasteiger partial charge is 0.422 e. The molecule has 7 heteroatoms. The lowest BCUT2D eigenvalue weighted by atomic mass is 10.0. The molecule has 0 unspecified atom stereocenters.